The van der Waals surface area contributed by atoms with Gasteiger partial charge in [0.1, 0.15) is 5.75 Å². The number of hydrogen-bond donors (Lipinski definition) is 2. The molecule has 1 rings (SSSR count). The van der Waals surface area contributed by atoms with Crippen LogP contribution in [0.5, 0.6) is 5.75 Å². The summed E-state index contributed by atoms with van der Waals surface area (Å²) in [5.41, 5.74) is 1.95. The van der Waals surface area contributed by atoms with Gasteiger partial charge in [0.2, 0.25) is 0 Å². The number of aromatic hydroxyl groups is 1. The van der Waals surface area contributed by atoms with Crippen molar-refractivity contribution in [2.45, 2.75) is 32.6 Å². The smallest absolute Gasteiger partial charge is 0.303 e. The average Bonchev–Trinajstić information content (AvgIpc) is 2.23. The van der Waals surface area contributed by atoms with Crippen molar-refractivity contribution in [3.05, 3.63) is 27.7 Å². The maximum absolute atomic E-state index is 10.4. The Morgan fingerprint density at radius 3 is 2.69 bits per heavy atom. The molecule has 0 bridgehead atoms. The summed E-state index contributed by atoms with van der Waals surface area (Å²) in [6.07, 6.45) is 2.16. The van der Waals surface area contributed by atoms with E-state index in [2.05, 4.69) is 15.9 Å². The Labute approximate surface area is 103 Å². The Morgan fingerprint density at radius 2 is 2.12 bits per heavy atom. The summed E-state index contributed by atoms with van der Waals surface area (Å²) in [4.78, 5) is 10.4. The van der Waals surface area contributed by atoms with Crippen LogP contribution >= 0.6 is 15.9 Å². The predicted molar refractivity (Wildman–Crippen MR) is 65.8 cm³/mol. The number of carboxylic acids is 1. The lowest BCUT2D eigenvalue weighted by molar-refractivity contribution is -0.137. The molecule has 4 heteroatoms. The van der Waals surface area contributed by atoms with Crippen LogP contribution in [0.3, 0.4) is 0 Å². The highest BCUT2D eigenvalue weighted by Gasteiger charge is 2.08. The first kappa shape index (κ1) is 13.0. The lowest BCUT2D eigenvalue weighted by Crippen LogP contribution is -1.97. The summed E-state index contributed by atoms with van der Waals surface area (Å²) in [6, 6.07) is 3.82. The molecule has 2 N–H and O–H groups in total. The fourth-order valence-corrected chi connectivity index (χ4v) is 2.09. The van der Waals surface area contributed by atoms with Crippen LogP contribution < -0.4 is 0 Å². The molecule has 0 atom stereocenters. The van der Waals surface area contributed by atoms with E-state index < -0.39 is 5.97 Å². The summed E-state index contributed by atoms with van der Waals surface area (Å²) in [6.45, 7) is 2.04. The highest BCUT2D eigenvalue weighted by molar-refractivity contribution is 9.10. The third-order valence-corrected chi connectivity index (χ3v) is 3.05. The molecule has 88 valence electrons. The number of halogens is 1. The monoisotopic (exact) mass is 286 g/mol. The Morgan fingerprint density at radius 1 is 1.44 bits per heavy atom. The molecule has 0 saturated carbocycles. The Hall–Kier alpha value is -1.03. The largest absolute Gasteiger partial charge is 0.506 e. The van der Waals surface area contributed by atoms with Crippen molar-refractivity contribution in [2.24, 2.45) is 0 Å². The molecule has 16 heavy (non-hydrogen) atoms. The minimum Gasteiger partial charge on any atom is -0.506 e. The molecule has 0 heterocycles. The van der Waals surface area contributed by atoms with E-state index in [-0.39, 0.29) is 12.2 Å². The standard InChI is InChI=1S/C12H15BrO3/c1-2-8-6-9(4-3-5-11(14)15)12(16)10(13)7-8/h6-7,16H,2-5H2,1H3,(H,14,15). The Kier molecular flexibility index (Phi) is 4.80. The van der Waals surface area contributed by atoms with Gasteiger partial charge in [-0.15, -0.1) is 0 Å². The van der Waals surface area contributed by atoms with E-state index in [9.17, 15) is 9.90 Å². The zero-order valence-electron chi connectivity index (χ0n) is 9.16. The lowest BCUT2D eigenvalue weighted by atomic mass is 10.0. The van der Waals surface area contributed by atoms with Crippen LogP contribution in [0.15, 0.2) is 16.6 Å². The van der Waals surface area contributed by atoms with Crippen LogP contribution in [0, 0.1) is 0 Å². The van der Waals surface area contributed by atoms with Gasteiger partial charge in [-0.25, -0.2) is 0 Å². The van der Waals surface area contributed by atoms with Crippen LogP contribution in [0.1, 0.15) is 30.9 Å². The second-order valence-corrected chi connectivity index (χ2v) is 4.54. The number of carbonyl (C=O) groups is 1. The molecule has 0 unspecified atom stereocenters. The summed E-state index contributed by atoms with van der Waals surface area (Å²) in [5, 5.41) is 18.3. The van der Waals surface area contributed by atoms with Gasteiger partial charge < -0.3 is 10.2 Å². The highest BCUT2D eigenvalue weighted by atomic mass is 79.9. The Balaban J connectivity index is 2.78. The van der Waals surface area contributed by atoms with E-state index in [0.29, 0.717) is 17.3 Å². The molecule has 1 aromatic rings. The van der Waals surface area contributed by atoms with E-state index in [1.165, 1.54) is 0 Å². The minimum absolute atomic E-state index is 0.132. The predicted octanol–water partition coefficient (Wildman–Crippen LogP) is 3.12. The van der Waals surface area contributed by atoms with Gasteiger partial charge in [0.15, 0.2) is 0 Å². The quantitative estimate of drug-likeness (QED) is 0.874. The van der Waals surface area contributed by atoms with Gasteiger partial charge in [0, 0.05) is 6.42 Å². The topological polar surface area (TPSA) is 57.5 Å². The second-order valence-electron chi connectivity index (χ2n) is 3.69. The molecule has 1 aromatic carbocycles. The SMILES string of the molecule is CCc1cc(Br)c(O)c(CCCC(=O)O)c1. The van der Waals surface area contributed by atoms with Gasteiger partial charge in [-0.3, -0.25) is 4.79 Å². The molecule has 0 aromatic heterocycles. The molecular formula is C12H15BrO3. The van der Waals surface area contributed by atoms with Gasteiger partial charge in [-0.1, -0.05) is 13.0 Å². The van der Waals surface area contributed by atoms with Gasteiger partial charge in [-0.2, -0.15) is 0 Å². The number of phenols is 1. The third kappa shape index (κ3) is 3.52. The Bertz CT molecular complexity index is 388. The van der Waals surface area contributed by atoms with Crippen LogP contribution in [0.2, 0.25) is 0 Å². The molecule has 0 saturated heterocycles. The number of aliphatic carboxylic acids is 1. The van der Waals surface area contributed by atoms with Gasteiger partial charge in [-0.05, 0) is 52.4 Å². The van der Waals surface area contributed by atoms with Crippen LogP contribution in [0.4, 0.5) is 0 Å². The van der Waals surface area contributed by atoms with Crippen molar-refractivity contribution in [1.82, 2.24) is 0 Å². The van der Waals surface area contributed by atoms with Gasteiger partial charge in [0.25, 0.3) is 0 Å². The molecular weight excluding hydrogens is 272 g/mol. The molecule has 0 amide bonds. The first-order valence-electron chi connectivity index (χ1n) is 5.26. The van der Waals surface area contributed by atoms with Crippen LogP contribution in [-0.2, 0) is 17.6 Å². The van der Waals surface area contributed by atoms with Crippen molar-refractivity contribution in [1.29, 1.82) is 0 Å². The van der Waals surface area contributed by atoms with Crippen LogP contribution in [-0.4, -0.2) is 16.2 Å². The van der Waals surface area contributed by atoms with Crippen LogP contribution in [0.25, 0.3) is 0 Å². The van der Waals surface area contributed by atoms with Gasteiger partial charge >= 0.3 is 5.97 Å². The van der Waals surface area contributed by atoms with E-state index in [0.717, 1.165) is 17.5 Å². The van der Waals surface area contributed by atoms with Gasteiger partial charge in [0.05, 0.1) is 4.47 Å². The lowest BCUT2D eigenvalue weighted by Gasteiger charge is -2.08. The number of hydrogen-bond acceptors (Lipinski definition) is 2. The molecule has 0 radical (unpaired) electrons. The number of aryl methyl sites for hydroxylation is 2. The zero-order chi connectivity index (χ0) is 12.1. The number of benzene rings is 1. The van der Waals surface area contributed by atoms with E-state index in [1.54, 1.807) is 0 Å². The minimum atomic E-state index is -0.801. The number of phenolic OH excluding ortho intramolecular Hbond substituents is 1. The second kappa shape index (κ2) is 5.89. The zero-order valence-corrected chi connectivity index (χ0v) is 10.7. The molecule has 0 aliphatic carbocycles. The normalized spacial score (nSPS) is 10.4. The first-order chi connectivity index (χ1) is 7.54. The van der Waals surface area contributed by atoms with Crippen molar-refractivity contribution >= 4 is 21.9 Å². The number of carboxylic acid groups (broad SMARTS) is 1. The highest BCUT2D eigenvalue weighted by Crippen LogP contribution is 2.30. The molecule has 0 spiro atoms. The molecule has 0 aliphatic heterocycles. The maximum atomic E-state index is 10.4. The van der Waals surface area contributed by atoms with Crippen molar-refractivity contribution in [3.63, 3.8) is 0 Å². The van der Waals surface area contributed by atoms with Crippen molar-refractivity contribution in [2.75, 3.05) is 0 Å². The van der Waals surface area contributed by atoms with Crippen molar-refractivity contribution in [3.8, 4) is 5.75 Å². The summed E-state index contributed by atoms with van der Waals surface area (Å²) >= 11 is 3.29. The molecule has 0 fully saturated rings. The van der Waals surface area contributed by atoms with E-state index in [4.69, 9.17) is 5.11 Å². The summed E-state index contributed by atoms with van der Waals surface area (Å²) in [5.74, 6) is -0.576. The number of rotatable bonds is 5. The fraction of sp³-hybridized carbons (Fsp3) is 0.417. The third-order valence-electron chi connectivity index (χ3n) is 2.45. The first-order valence-corrected chi connectivity index (χ1v) is 6.06. The maximum Gasteiger partial charge on any atom is 0.303 e. The molecule has 0 aliphatic rings. The fourth-order valence-electron chi connectivity index (χ4n) is 1.54. The summed E-state index contributed by atoms with van der Waals surface area (Å²) < 4.78 is 0.678. The van der Waals surface area contributed by atoms with E-state index in [1.807, 2.05) is 19.1 Å². The van der Waals surface area contributed by atoms with Crippen molar-refractivity contribution < 1.29 is 15.0 Å². The summed E-state index contributed by atoms with van der Waals surface area (Å²) in [7, 11) is 0. The van der Waals surface area contributed by atoms with E-state index >= 15 is 0 Å². The average molecular weight is 287 g/mol. The molecule has 3 nitrogen and oxygen atoms in total.